The number of hydrogen-bond acceptors (Lipinski definition) is 4. The lowest BCUT2D eigenvalue weighted by Crippen LogP contribution is -2.47. The number of urea groups is 1. The van der Waals surface area contributed by atoms with Crippen molar-refractivity contribution in [3.63, 3.8) is 0 Å². The highest BCUT2D eigenvalue weighted by molar-refractivity contribution is 5.90. The first-order chi connectivity index (χ1) is 13.7. The van der Waals surface area contributed by atoms with Crippen LogP contribution in [0.4, 0.5) is 10.5 Å². The van der Waals surface area contributed by atoms with Gasteiger partial charge in [0.1, 0.15) is 5.75 Å². The molecule has 28 heavy (non-hydrogen) atoms. The molecule has 2 aromatic rings. The molecule has 0 spiro atoms. The summed E-state index contributed by atoms with van der Waals surface area (Å²) in [6.07, 6.45) is 0.909. The minimum atomic E-state index is -0.206. The zero-order chi connectivity index (χ0) is 19.8. The maximum atomic E-state index is 12.2. The van der Waals surface area contributed by atoms with E-state index in [1.54, 1.807) is 7.11 Å². The Balaban J connectivity index is 1.46. The fourth-order valence-electron chi connectivity index (χ4n) is 3.61. The van der Waals surface area contributed by atoms with Crippen molar-refractivity contribution >= 4 is 11.7 Å². The van der Waals surface area contributed by atoms with Gasteiger partial charge in [-0.3, -0.25) is 4.90 Å². The SMILES string of the molecule is COc1ccccc1NC(=O)NCCCN1CCN(C)C[C@H]1c1ccccc1. The quantitative estimate of drug-likeness (QED) is 0.722. The zero-order valence-electron chi connectivity index (χ0n) is 16.7. The molecule has 6 nitrogen and oxygen atoms in total. The van der Waals surface area contributed by atoms with Crippen LogP contribution >= 0.6 is 0 Å². The van der Waals surface area contributed by atoms with Crippen molar-refractivity contribution in [3.8, 4) is 5.75 Å². The molecular formula is C22H30N4O2. The van der Waals surface area contributed by atoms with Gasteiger partial charge in [0.05, 0.1) is 12.8 Å². The first-order valence-corrected chi connectivity index (χ1v) is 9.83. The van der Waals surface area contributed by atoms with E-state index in [1.165, 1.54) is 5.56 Å². The maximum absolute atomic E-state index is 12.2. The molecule has 1 aliphatic heterocycles. The summed E-state index contributed by atoms with van der Waals surface area (Å²) in [7, 11) is 3.77. The Morgan fingerprint density at radius 3 is 2.64 bits per heavy atom. The predicted molar refractivity (Wildman–Crippen MR) is 113 cm³/mol. The van der Waals surface area contributed by atoms with Gasteiger partial charge in [-0.25, -0.2) is 4.79 Å². The number of piperazine rings is 1. The molecule has 2 amide bonds. The van der Waals surface area contributed by atoms with Crippen LogP contribution < -0.4 is 15.4 Å². The molecule has 150 valence electrons. The summed E-state index contributed by atoms with van der Waals surface area (Å²) in [4.78, 5) is 17.1. The number of benzene rings is 2. The molecule has 6 heteroatoms. The second-order valence-electron chi connectivity index (χ2n) is 7.16. The third-order valence-corrected chi connectivity index (χ3v) is 5.14. The zero-order valence-corrected chi connectivity index (χ0v) is 16.7. The van der Waals surface area contributed by atoms with E-state index in [0.29, 0.717) is 24.0 Å². The summed E-state index contributed by atoms with van der Waals surface area (Å²) in [5.74, 6) is 0.654. The standard InChI is InChI=1S/C22H30N4O2/c1-25-15-16-26(20(17-25)18-9-4-3-5-10-18)14-8-13-23-22(27)24-19-11-6-7-12-21(19)28-2/h3-7,9-12,20H,8,13-17H2,1-2H3,(H2,23,24,27)/t20-/m0/s1. The molecule has 1 atom stereocenters. The van der Waals surface area contributed by atoms with Crippen LogP contribution in [0.15, 0.2) is 54.6 Å². The maximum Gasteiger partial charge on any atom is 0.319 e. The molecular weight excluding hydrogens is 352 g/mol. The second-order valence-corrected chi connectivity index (χ2v) is 7.16. The van der Waals surface area contributed by atoms with Gasteiger partial charge in [-0.15, -0.1) is 0 Å². The third kappa shape index (κ3) is 5.47. The first-order valence-electron chi connectivity index (χ1n) is 9.83. The number of nitrogens with one attached hydrogen (secondary N) is 2. The number of amides is 2. The van der Waals surface area contributed by atoms with E-state index in [4.69, 9.17) is 4.74 Å². The highest BCUT2D eigenvalue weighted by Crippen LogP contribution is 2.25. The average molecular weight is 383 g/mol. The van der Waals surface area contributed by atoms with Gasteiger partial charge in [0.25, 0.3) is 0 Å². The second kappa shape index (κ2) is 10.1. The summed E-state index contributed by atoms with van der Waals surface area (Å²) < 4.78 is 5.26. The number of rotatable bonds is 7. The lowest BCUT2D eigenvalue weighted by molar-refractivity contribution is 0.0890. The van der Waals surface area contributed by atoms with Crippen molar-refractivity contribution in [2.75, 3.05) is 52.2 Å². The van der Waals surface area contributed by atoms with Crippen LogP contribution in [0.25, 0.3) is 0 Å². The Bertz CT molecular complexity index is 753. The van der Waals surface area contributed by atoms with Gasteiger partial charge < -0.3 is 20.3 Å². The van der Waals surface area contributed by atoms with E-state index < -0.39 is 0 Å². The van der Waals surface area contributed by atoms with E-state index in [-0.39, 0.29) is 6.03 Å². The van der Waals surface area contributed by atoms with E-state index in [9.17, 15) is 4.79 Å². The molecule has 2 N–H and O–H groups in total. The van der Waals surface area contributed by atoms with Crippen LogP contribution in [0.2, 0.25) is 0 Å². The van der Waals surface area contributed by atoms with Crippen molar-refractivity contribution in [1.29, 1.82) is 0 Å². The van der Waals surface area contributed by atoms with Crippen molar-refractivity contribution in [1.82, 2.24) is 15.1 Å². The van der Waals surface area contributed by atoms with Gasteiger partial charge in [-0.2, -0.15) is 0 Å². The minimum Gasteiger partial charge on any atom is -0.495 e. The normalized spacial score (nSPS) is 17.9. The fourth-order valence-corrected chi connectivity index (χ4v) is 3.61. The van der Waals surface area contributed by atoms with Crippen LogP contribution in [0.5, 0.6) is 5.75 Å². The first kappa shape index (κ1) is 20.2. The molecule has 1 heterocycles. The van der Waals surface area contributed by atoms with Crippen molar-refractivity contribution in [2.45, 2.75) is 12.5 Å². The summed E-state index contributed by atoms with van der Waals surface area (Å²) >= 11 is 0. The molecule has 0 saturated carbocycles. The molecule has 2 aromatic carbocycles. The van der Waals surface area contributed by atoms with Gasteiger partial charge in [-0.05, 0) is 31.2 Å². The van der Waals surface area contributed by atoms with E-state index in [1.807, 2.05) is 24.3 Å². The summed E-state index contributed by atoms with van der Waals surface area (Å²) in [5, 5.41) is 5.79. The van der Waals surface area contributed by atoms with Crippen molar-refractivity contribution < 1.29 is 9.53 Å². The van der Waals surface area contributed by atoms with Crippen LogP contribution in [0.3, 0.4) is 0 Å². The topological polar surface area (TPSA) is 56.8 Å². The molecule has 0 aliphatic carbocycles. The van der Waals surface area contributed by atoms with E-state index in [2.05, 4.69) is 57.8 Å². The highest BCUT2D eigenvalue weighted by atomic mass is 16.5. The van der Waals surface area contributed by atoms with Crippen LogP contribution in [0.1, 0.15) is 18.0 Å². The largest absolute Gasteiger partial charge is 0.495 e. The Morgan fingerprint density at radius 2 is 1.86 bits per heavy atom. The number of para-hydroxylation sites is 2. The third-order valence-electron chi connectivity index (χ3n) is 5.14. The lowest BCUT2D eigenvalue weighted by atomic mass is 10.0. The predicted octanol–water partition coefficient (Wildman–Crippen LogP) is 3.20. The van der Waals surface area contributed by atoms with Crippen LogP contribution in [0, 0.1) is 0 Å². The summed E-state index contributed by atoms with van der Waals surface area (Å²) in [6, 6.07) is 18.3. The van der Waals surface area contributed by atoms with E-state index >= 15 is 0 Å². The van der Waals surface area contributed by atoms with Crippen LogP contribution in [-0.4, -0.2) is 62.7 Å². The Labute approximate surface area is 167 Å². The average Bonchev–Trinajstić information content (AvgIpc) is 2.73. The van der Waals surface area contributed by atoms with Gasteiger partial charge in [0.2, 0.25) is 0 Å². The molecule has 0 bridgehead atoms. The van der Waals surface area contributed by atoms with Crippen molar-refractivity contribution in [2.24, 2.45) is 0 Å². The van der Waals surface area contributed by atoms with Crippen molar-refractivity contribution in [3.05, 3.63) is 60.2 Å². The molecule has 0 unspecified atom stereocenters. The molecule has 3 rings (SSSR count). The number of carbonyl (C=O) groups excluding carboxylic acids is 1. The Kier molecular flexibility index (Phi) is 7.28. The number of anilines is 1. The molecule has 1 saturated heterocycles. The highest BCUT2D eigenvalue weighted by Gasteiger charge is 2.25. The fraction of sp³-hybridized carbons (Fsp3) is 0.409. The smallest absolute Gasteiger partial charge is 0.319 e. The summed E-state index contributed by atoms with van der Waals surface area (Å²) in [5.41, 5.74) is 2.03. The monoisotopic (exact) mass is 382 g/mol. The van der Waals surface area contributed by atoms with Gasteiger partial charge in [0, 0.05) is 38.8 Å². The summed E-state index contributed by atoms with van der Waals surface area (Å²) in [6.45, 7) is 4.75. The van der Waals surface area contributed by atoms with Gasteiger partial charge in [0.15, 0.2) is 0 Å². The van der Waals surface area contributed by atoms with E-state index in [0.717, 1.165) is 32.6 Å². The minimum absolute atomic E-state index is 0.206. The lowest BCUT2D eigenvalue weighted by Gasteiger charge is -2.40. The Morgan fingerprint density at radius 1 is 1.11 bits per heavy atom. The number of ether oxygens (including phenoxy) is 1. The number of carbonyl (C=O) groups is 1. The number of likely N-dealkylation sites (N-methyl/N-ethyl adjacent to an activating group) is 1. The molecule has 1 aliphatic rings. The Hall–Kier alpha value is -2.57. The number of hydrogen-bond donors (Lipinski definition) is 2. The van der Waals surface area contributed by atoms with Gasteiger partial charge in [-0.1, -0.05) is 42.5 Å². The molecule has 0 radical (unpaired) electrons. The van der Waals surface area contributed by atoms with Crippen LogP contribution in [-0.2, 0) is 0 Å². The number of nitrogens with zero attached hydrogens (tertiary/aromatic N) is 2. The molecule has 1 fully saturated rings. The van der Waals surface area contributed by atoms with Gasteiger partial charge >= 0.3 is 6.03 Å². The molecule has 0 aromatic heterocycles. The number of methoxy groups -OCH3 is 1.